The number of thiophene rings is 1. The summed E-state index contributed by atoms with van der Waals surface area (Å²) in [7, 11) is 0. The van der Waals surface area contributed by atoms with Crippen molar-refractivity contribution >= 4 is 39.8 Å². The second-order valence-electron chi connectivity index (χ2n) is 4.41. The summed E-state index contributed by atoms with van der Waals surface area (Å²) in [6.45, 7) is 1.67. The number of thiazole rings is 1. The zero-order valence-electron chi connectivity index (χ0n) is 11.9. The third-order valence-electron chi connectivity index (χ3n) is 2.64. The number of nitrogens with zero attached hydrogens (tertiary/aromatic N) is 1. The van der Waals surface area contributed by atoms with Gasteiger partial charge in [-0.2, -0.15) is 0 Å². The van der Waals surface area contributed by atoms with Gasteiger partial charge in [-0.25, -0.2) is 15.6 Å². The molecule has 0 atom stereocenters. The number of hydrogen-bond donors (Lipinski definition) is 3. The summed E-state index contributed by atoms with van der Waals surface area (Å²) in [5.41, 5.74) is 2.86. The molecule has 2 rings (SSSR count). The number of nitrogens with one attached hydrogen (secondary N) is 2. The van der Waals surface area contributed by atoms with Gasteiger partial charge in [0, 0.05) is 22.1 Å². The lowest BCUT2D eigenvalue weighted by atomic mass is 10.2. The zero-order chi connectivity index (χ0) is 15.9. The highest BCUT2D eigenvalue weighted by molar-refractivity contribution is 7.14. The molecule has 22 heavy (non-hydrogen) atoms. The van der Waals surface area contributed by atoms with Gasteiger partial charge >= 0.3 is 6.09 Å². The Bertz CT molecular complexity index is 653. The number of anilines is 1. The lowest BCUT2D eigenvalue weighted by Gasteiger charge is -2.00. The summed E-state index contributed by atoms with van der Waals surface area (Å²) in [6.07, 6.45) is 0.986. The van der Waals surface area contributed by atoms with Crippen molar-refractivity contribution in [1.29, 1.82) is 0 Å². The van der Waals surface area contributed by atoms with Crippen LogP contribution >= 0.6 is 22.7 Å². The van der Waals surface area contributed by atoms with Gasteiger partial charge < -0.3 is 10.1 Å². The van der Waals surface area contributed by atoms with Crippen molar-refractivity contribution < 1.29 is 14.3 Å². The lowest BCUT2D eigenvalue weighted by Crippen LogP contribution is -2.30. The molecule has 2 aromatic heterocycles. The topological polar surface area (TPSA) is 106 Å². The highest BCUT2D eigenvalue weighted by atomic mass is 32.1. The normalized spacial score (nSPS) is 10.3. The maximum atomic E-state index is 10.9. The molecule has 0 spiro atoms. The van der Waals surface area contributed by atoms with E-state index in [1.54, 1.807) is 11.3 Å². The molecular weight excluding hydrogens is 324 g/mol. The van der Waals surface area contributed by atoms with E-state index in [4.69, 9.17) is 10.6 Å². The Labute approximate surface area is 135 Å². The molecule has 2 heterocycles. The van der Waals surface area contributed by atoms with E-state index in [1.807, 2.05) is 22.9 Å². The number of carbonyl (C=O) groups is 2. The molecule has 2 aromatic rings. The molecule has 0 aliphatic carbocycles. The fraction of sp³-hybridized carbons (Fsp3) is 0.308. The minimum atomic E-state index is -0.650. The van der Waals surface area contributed by atoms with Crippen molar-refractivity contribution in [2.24, 2.45) is 5.84 Å². The molecule has 4 N–H and O–H groups in total. The summed E-state index contributed by atoms with van der Waals surface area (Å²) >= 11 is 3.00. The van der Waals surface area contributed by atoms with E-state index in [-0.39, 0.29) is 12.5 Å². The van der Waals surface area contributed by atoms with Gasteiger partial charge in [0.15, 0.2) is 5.13 Å². The van der Waals surface area contributed by atoms with E-state index in [2.05, 4.69) is 10.3 Å². The Morgan fingerprint density at radius 2 is 2.09 bits per heavy atom. The number of ether oxygens (including phenoxy) is 1. The molecule has 0 aromatic carbocycles. The molecule has 0 aliphatic rings. The number of aromatic nitrogens is 1. The fourth-order valence-electron chi connectivity index (χ4n) is 1.69. The fourth-order valence-corrected chi connectivity index (χ4v) is 3.42. The number of aryl methyl sites for hydroxylation is 2. The van der Waals surface area contributed by atoms with Crippen molar-refractivity contribution in [3.8, 4) is 0 Å². The molecule has 2 amide bonds. The van der Waals surface area contributed by atoms with Crippen LogP contribution in [-0.2, 0) is 29.0 Å². The van der Waals surface area contributed by atoms with Crippen molar-refractivity contribution in [2.45, 2.75) is 26.4 Å². The highest BCUT2D eigenvalue weighted by Crippen LogP contribution is 2.21. The Kier molecular flexibility index (Phi) is 5.87. The van der Waals surface area contributed by atoms with Crippen molar-refractivity contribution in [3.63, 3.8) is 0 Å². The van der Waals surface area contributed by atoms with E-state index in [9.17, 15) is 9.59 Å². The molecule has 9 heteroatoms. The predicted molar refractivity (Wildman–Crippen MR) is 85.7 cm³/mol. The lowest BCUT2D eigenvalue weighted by molar-refractivity contribution is -0.114. The minimum Gasteiger partial charge on any atom is -0.443 e. The van der Waals surface area contributed by atoms with Crippen LogP contribution in [0.2, 0.25) is 0 Å². The first-order chi connectivity index (χ1) is 10.6. The zero-order valence-corrected chi connectivity index (χ0v) is 13.6. The molecule has 0 fully saturated rings. The number of hydrogen-bond acceptors (Lipinski definition) is 7. The number of carbonyl (C=O) groups excluding carboxylic acids is 2. The second kappa shape index (κ2) is 7.87. The van der Waals surface area contributed by atoms with Crippen LogP contribution in [-0.4, -0.2) is 17.0 Å². The van der Waals surface area contributed by atoms with Crippen LogP contribution in [0.5, 0.6) is 0 Å². The van der Waals surface area contributed by atoms with Gasteiger partial charge in [-0.1, -0.05) is 0 Å². The molecule has 0 aliphatic heterocycles. The quantitative estimate of drug-likeness (QED) is 0.424. The Morgan fingerprint density at radius 3 is 2.82 bits per heavy atom. The first-order valence-corrected chi connectivity index (χ1v) is 8.19. The van der Waals surface area contributed by atoms with Gasteiger partial charge in [0.1, 0.15) is 6.61 Å². The highest BCUT2D eigenvalue weighted by Gasteiger charge is 2.07. The molecule has 0 saturated carbocycles. The van der Waals surface area contributed by atoms with E-state index in [0.717, 1.165) is 23.4 Å². The van der Waals surface area contributed by atoms with Crippen molar-refractivity contribution in [2.75, 3.05) is 5.32 Å². The van der Waals surface area contributed by atoms with Crippen LogP contribution in [0, 0.1) is 0 Å². The summed E-state index contributed by atoms with van der Waals surface area (Å²) in [6, 6.07) is 3.93. The molecular formula is C13H16N4O3S2. The SMILES string of the molecule is CC(=O)Nc1nc(CCc2ccc(COC(=O)NN)s2)cs1. The van der Waals surface area contributed by atoms with Gasteiger partial charge in [-0.3, -0.25) is 10.2 Å². The largest absolute Gasteiger partial charge is 0.443 e. The number of rotatable bonds is 6. The van der Waals surface area contributed by atoms with E-state index >= 15 is 0 Å². The van der Waals surface area contributed by atoms with Gasteiger partial charge in [0.25, 0.3) is 0 Å². The Balaban J connectivity index is 1.81. The Morgan fingerprint density at radius 1 is 1.32 bits per heavy atom. The van der Waals surface area contributed by atoms with Gasteiger partial charge in [0.05, 0.1) is 5.69 Å². The van der Waals surface area contributed by atoms with Crippen LogP contribution in [0.25, 0.3) is 0 Å². The van der Waals surface area contributed by atoms with Crippen LogP contribution < -0.4 is 16.6 Å². The second-order valence-corrected chi connectivity index (χ2v) is 6.52. The maximum absolute atomic E-state index is 10.9. The minimum absolute atomic E-state index is 0.120. The van der Waals surface area contributed by atoms with Crippen LogP contribution in [0.1, 0.15) is 22.4 Å². The first-order valence-electron chi connectivity index (χ1n) is 6.50. The smallest absolute Gasteiger partial charge is 0.421 e. The monoisotopic (exact) mass is 340 g/mol. The van der Waals surface area contributed by atoms with Crippen molar-refractivity contribution in [1.82, 2.24) is 10.4 Å². The maximum Gasteiger partial charge on any atom is 0.421 e. The first kappa shape index (κ1) is 16.4. The number of hydrazine groups is 1. The summed E-state index contributed by atoms with van der Waals surface area (Å²) in [4.78, 5) is 28.3. The Hall–Kier alpha value is -1.97. The summed E-state index contributed by atoms with van der Waals surface area (Å²) in [5.74, 6) is 4.81. The third-order valence-corrected chi connectivity index (χ3v) is 4.57. The average Bonchev–Trinajstić information content (AvgIpc) is 3.11. The van der Waals surface area contributed by atoms with Crippen molar-refractivity contribution in [3.05, 3.63) is 33.0 Å². The molecule has 0 bridgehead atoms. The summed E-state index contributed by atoms with van der Waals surface area (Å²) in [5, 5.41) is 5.23. The number of amides is 2. The molecule has 0 saturated heterocycles. The summed E-state index contributed by atoms with van der Waals surface area (Å²) < 4.78 is 4.88. The standard InChI is InChI=1S/C13H16N4O3S2/c1-8(18)15-12-16-9(7-21-12)2-3-10-4-5-11(22-10)6-20-13(19)17-14/h4-5,7H,2-3,6,14H2,1H3,(H,17,19)(H,15,16,18). The third kappa shape index (κ3) is 5.10. The molecule has 7 nitrogen and oxygen atoms in total. The van der Waals surface area contributed by atoms with Gasteiger partial charge in [-0.05, 0) is 25.0 Å². The van der Waals surface area contributed by atoms with E-state index in [1.165, 1.54) is 23.1 Å². The predicted octanol–water partition coefficient (Wildman–Crippen LogP) is 2.05. The molecule has 0 radical (unpaired) electrons. The van der Waals surface area contributed by atoms with Gasteiger partial charge in [0.2, 0.25) is 5.91 Å². The van der Waals surface area contributed by atoms with Crippen LogP contribution in [0.4, 0.5) is 9.93 Å². The molecule has 118 valence electrons. The van der Waals surface area contributed by atoms with Gasteiger partial charge in [-0.15, -0.1) is 22.7 Å². The molecule has 0 unspecified atom stereocenters. The van der Waals surface area contributed by atoms with E-state index < -0.39 is 6.09 Å². The number of nitrogens with two attached hydrogens (primary N) is 1. The average molecular weight is 340 g/mol. The van der Waals surface area contributed by atoms with Crippen LogP contribution in [0.15, 0.2) is 17.5 Å². The van der Waals surface area contributed by atoms with E-state index in [0.29, 0.717) is 5.13 Å². The van der Waals surface area contributed by atoms with Crippen LogP contribution in [0.3, 0.4) is 0 Å².